The van der Waals surface area contributed by atoms with Crippen molar-refractivity contribution in [2.45, 2.75) is 36.6 Å². The summed E-state index contributed by atoms with van der Waals surface area (Å²) in [7, 11) is -3.91. The van der Waals surface area contributed by atoms with Crippen LogP contribution in [0.25, 0.3) is 11.0 Å². The molecule has 1 aromatic heterocycles. The minimum absolute atomic E-state index is 0.00516. The number of imidazole rings is 1. The van der Waals surface area contributed by atoms with Gasteiger partial charge >= 0.3 is 0 Å². The van der Waals surface area contributed by atoms with Gasteiger partial charge in [0.1, 0.15) is 10.7 Å². The van der Waals surface area contributed by atoms with E-state index >= 15 is 0 Å². The molecule has 160 valence electrons. The van der Waals surface area contributed by atoms with E-state index in [1.54, 1.807) is 17.0 Å². The van der Waals surface area contributed by atoms with E-state index < -0.39 is 15.9 Å². The summed E-state index contributed by atoms with van der Waals surface area (Å²) in [6, 6.07) is 13.7. The van der Waals surface area contributed by atoms with Crippen LogP contribution in [0.1, 0.15) is 47.9 Å². The Morgan fingerprint density at radius 2 is 1.87 bits per heavy atom. The summed E-state index contributed by atoms with van der Waals surface area (Å²) in [6.07, 6.45) is 2.60. The van der Waals surface area contributed by atoms with E-state index in [0.717, 1.165) is 40.4 Å². The van der Waals surface area contributed by atoms with Crippen molar-refractivity contribution in [1.82, 2.24) is 19.2 Å². The first kappa shape index (κ1) is 19.7. The summed E-state index contributed by atoms with van der Waals surface area (Å²) < 4.78 is 26.3. The van der Waals surface area contributed by atoms with E-state index in [1.807, 2.05) is 24.3 Å². The third kappa shape index (κ3) is 3.29. The van der Waals surface area contributed by atoms with Gasteiger partial charge in [-0.3, -0.25) is 9.59 Å². The molecule has 1 atom stereocenters. The predicted molar refractivity (Wildman–Crippen MR) is 114 cm³/mol. The van der Waals surface area contributed by atoms with Crippen LogP contribution in [0.4, 0.5) is 0 Å². The van der Waals surface area contributed by atoms with Crippen molar-refractivity contribution >= 4 is 32.9 Å². The van der Waals surface area contributed by atoms with Gasteiger partial charge in [-0.15, -0.1) is 0 Å². The van der Waals surface area contributed by atoms with Gasteiger partial charge in [-0.25, -0.2) is 17.7 Å². The molecule has 0 spiro atoms. The summed E-state index contributed by atoms with van der Waals surface area (Å²) in [6.45, 7) is 0.416. The average Bonchev–Trinajstić information content (AvgIpc) is 3.30. The van der Waals surface area contributed by atoms with Crippen LogP contribution >= 0.6 is 0 Å². The molecule has 2 aromatic carbocycles. The number of rotatable bonds is 4. The molecule has 2 aliphatic heterocycles. The molecule has 0 aliphatic carbocycles. The van der Waals surface area contributed by atoms with Crippen LogP contribution in [0.15, 0.2) is 53.4 Å². The first-order chi connectivity index (χ1) is 15.0. The largest absolute Gasteiger partial charge is 0.340 e. The van der Waals surface area contributed by atoms with Gasteiger partial charge in [-0.1, -0.05) is 24.3 Å². The zero-order chi connectivity index (χ0) is 21.6. The normalized spacial score (nSPS) is 20.3. The van der Waals surface area contributed by atoms with Gasteiger partial charge in [-0.05, 0) is 43.5 Å². The number of amides is 2. The molecule has 1 fully saturated rings. The second-order valence-corrected chi connectivity index (χ2v) is 9.70. The predicted octanol–water partition coefficient (Wildman–Crippen LogP) is 2.85. The van der Waals surface area contributed by atoms with Crippen molar-refractivity contribution in [3.05, 3.63) is 59.9 Å². The van der Waals surface area contributed by atoms with Crippen LogP contribution in [0.5, 0.6) is 0 Å². The number of sulfonamides is 1. The number of benzene rings is 2. The molecule has 2 amide bonds. The fourth-order valence-corrected chi connectivity index (χ4v) is 6.01. The minimum Gasteiger partial charge on any atom is -0.340 e. The lowest BCUT2D eigenvalue weighted by molar-refractivity contribution is -0.135. The number of H-pyrrole nitrogens is 1. The Labute approximate surface area is 179 Å². The summed E-state index contributed by atoms with van der Waals surface area (Å²) in [5.74, 6) is -0.00786. The van der Waals surface area contributed by atoms with Crippen molar-refractivity contribution in [1.29, 1.82) is 0 Å². The SMILES string of the molecule is O=C(CCN1C(=O)c2ccccc2S1(=O)=O)N1CCCC[C@@H]1c1nc2ccccc2[nH]1. The highest BCUT2D eigenvalue weighted by Gasteiger charge is 2.41. The third-order valence-electron chi connectivity index (χ3n) is 5.99. The fourth-order valence-electron chi connectivity index (χ4n) is 4.44. The molecular formula is C22H22N4O4S. The summed E-state index contributed by atoms with van der Waals surface area (Å²) >= 11 is 0. The van der Waals surface area contributed by atoms with Crippen molar-refractivity contribution in [3.8, 4) is 0 Å². The second kappa shape index (κ2) is 7.49. The molecule has 1 saturated heterocycles. The highest BCUT2D eigenvalue weighted by Crippen LogP contribution is 2.33. The Kier molecular flexibility index (Phi) is 4.77. The van der Waals surface area contributed by atoms with Gasteiger partial charge < -0.3 is 9.88 Å². The van der Waals surface area contributed by atoms with E-state index in [2.05, 4.69) is 9.97 Å². The van der Waals surface area contributed by atoms with Crippen molar-refractivity contribution in [2.75, 3.05) is 13.1 Å². The van der Waals surface area contributed by atoms with E-state index in [-0.39, 0.29) is 35.4 Å². The maximum Gasteiger partial charge on any atom is 0.269 e. The zero-order valence-electron chi connectivity index (χ0n) is 16.8. The van der Waals surface area contributed by atoms with Gasteiger partial charge in [0.2, 0.25) is 5.91 Å². The Balaban J connectivity index is 1.34. The standard InChI is InChI=1S/C22H22N4O4S/c27-20(12-14-26-22(28)15-7-1-4-11-19(15)31(26,29)30)25-13-6-5-10-18(25)21-23-16-8-2-3-9-17(16)24-21/h1-4,7-9,11,18H,5-6,10,12-14H2,(H,23,24)/t18-/m1/s1. The quantitative estimate of drug-likeness (QED) is 0.675. The van der Waals surface area contributed by atoms with Crippen molar-refractivity contribution < 1.29 is 18.0 Å². The monoisotopic (exact) mass is 438 g/mol. The smallest absolute Gasteiger partial charge is 0.269 e. The highest BCUT2D eigenvalue weighted by molar-refractivity contribution is 7.90. The minimum atomic E-state index is -3.91. The van der Waals surface area contributed by atoms with E-state index in [0.29, 0.717) is 6.54 Å². The molecule has 0 unspecified atom stereocenters. The maximum absolute atomic E-state index is 13.1. The number of piperidine rings is 1. The van der Waals surface area contributed by atoms with Crippen molar-refractivity contribution in [2.24, 2.45) is 0 Å². The zero-order valence-corrected chi connectivity index (χ0v) is 17.6. The molecule has 31 heavy (non-hydrogen) atoms. The molecular weight excluding hydrogens is 416 g/mol. The number of hydrogen-bond donors (Lipinski definition) is 1. The fraction of sp³-hybridized carbons (Fsp3) is 0.318. The van der Waals surface area contributed by atoms with Crippen LogP contribution < -0.4 is 0 Å². The summed E-state index contributed by atoms with van der Waals surface area (Å²) in [5, 5.41) is 0. The third-order valence-corrected chi connectivity index (χ3v) is 7.83. The van der Waals surface area contributed by atoms with E-state index in [1.165, 1.54) is 12.1 Å². The molecule has 0 radical (unpaired) electrons. The molecule has 1 N–H and O–H groups in total. The molecule has 0 bridgehead atoms. The van der Waals surface area contributed by atoms with Crippen LogP contribution in [-0.4, -0.2) is 52.5 Å². The lowest BCUT2D eigenvalue weighted by Gasteiger charge is -2.35. The molecule has 3 heterocycles. The molecule has 8 nitrogen and oxygen atoms in total. The number of carbonyl (C=O) groups is 2. The van der Waals surface area contributed by atoms with Crippen LogP contribution in [-0.2, 0) is 14.8 Å². The number of fused-ring (bicyclic) bond motifs is 2. The lowest BCUT2D eigenvalue weighted by atomic mass is 10.0. The number of aromatic amines is 1. The van der Waals surface area contributed by atoms with Gasteiger partial charge in [-0.2, -0.15) is 0 Å². The first-order valence-corrected chi connectivity index (χ1v) is 11.8. The number of likely N-dealkylation sites (tertiary alicyclic amines) is 1. The average molecular weight is 439 g/mol. The number of carbonyl (C=O) groups excluding carboxylic acids is 2. The van der Waals surface area contributed by atoms with Gasteiger partial charge in [0.25, 0.3) is 15.9 Å². The van der Waals surface area contributed by atoms with Crippen LogP contribution in [0, 0.1) is 0 Å². The Bertz CT molecular complexity index is 1250. The number of hydrogen-bond acceptors (Lipinski definition) is 5. The second-order valence-electron chi connectivity index (χ2n) is 7.87. The lowest BCUT2D eigenvalue weighted by Crippen LogP contribution is -2.41. The van der Waals surface area contributed by atoms with Crippen LogP contribution in [0.3, 0.4) is 0 Å². The molecule has 2 aliphatic rings. The maximum atomic E-state index is 13.1. The van der Waals surface area contributed by atoms with Crippen molar-refractivity contribution in [3.63, 3.8) is 0 Å². The number of para-hydroxylation sites is 2. The summed E-state index contributed by atoms with van der Waals surface area (Å²) in [4.78, 5) is 35.4. The summed E-state index contributed by atoms with van der Waals surface area (Å²) in [5.41, 5.74) is 1.93. The first-order valence-electron chi connectivity index (χ1n) is 10.4. The van der Waals surface area contributed by atoms with E-state index in [4.69, 9.17) is 0 Å². The Hall–Kier alpha value is -3.20. The topological polar surface area (TPSA) is 103 Å². The molecule has 9 heteroatoms. The van der Waals surface area contributed by atoms with Gasteiger partial charge in [0.15, 0.2) is 0 Å². The molecule has 0 saturated carbocycles. The number of nitrogens with one attached hydrogen (secondary N) is 1. The number of aromatic nitrogens is 2. The van der Waals surface area contributed by atoms with Gasteiger partial charge in [0.05, 0.1) is 22.6 Å². The van der Waals surface area contributed by atoms with E-state index in [9.17, 15) is 18.0 Å². The number of nitrogens with zero attached hydrogens (tertiary/aromatic N) is 3. The Morgan fingerprint density at radius 1 is 1.10 bits per heavy atom. The molecule has 3 aromatic rings. The Morgan fingerprint density at radius 3 is 2.68 bits per heavy atom. The van der Waals surface area contributed by atoms with Crippen LogP contribution in [0.2, 0.25) is 0 Å². The van der Waals surface area contributed by atoms with Gasteiger partial charge in [0, 0.05) is 19.5 Å². The highest BCUT2D eigenvalue weighted by atomic mass is 32.2. The molecule has 5 rings (SSSR count).